The fraction of sp³-hybridized carbons (Fsp3) is 0.0909. The molecule has 0 atom stereocenters. The van der Waals surface area contributed by atoms with Gasteiger partial charge in [0.15, 0.2) is 0 Å². The second kappa shape index (κ2) is 7.89. The zero-order chi connectivity index (χ0) is 23.0. The molecule has 164 valence electrons. The molecular weight excluding hydrogens is 432 g/mol. The molecule has 32 heavy (non-hydrogen) atoms. The maximum absolute atomic E-state index is 12.6. The SMILES string of the molecule is Cn1cc(-c2cc(NS(C)(=O)=O)ccc2Oc2ccccc2)c2cc(C(N)=O)[nH]c2c1=O. The van der Waals surface area contributed by atoms with Crippen LogP contribution in [0.15, 0.2) is 65.6 Å². The molecule has 0 unspecified atom stereocenters. The number of H-pyrrole nitrogens is 1. The number of pyridine rings is 1. The van der Waals surface area contributed by atoms with Gasteiger partial charge in [-0.05, 0) is 36.4 Å². The summed E-state index contributed by atoms with van der Waals surface area (Å²) < 4.78 is 33.4. The highest BCUT2D eigenvalue weighted by molar-refractivity contribution is 7.92. The van der Waals surface area contributed by atoms with Gasteiger partial charge in [0.2, 0.25) is 10.0 Å². The number of aromatic amines is 1. The number of amides is 1. The third-order valence-electron chi connectivity index (χ3n) is 4.77. The van der Waals surface area contributed by atoms with Crippen molar-refractivity contribution in [1.82, 2.24) is 9.55 Å². The van der Waals surface area contributed by atoms with Crippen LogP contribution in [-0.2, 0) is 17.1 Å². The standard InChI is InChI=1S/C22H20N4O5S/c1-26-12-17(16-11-18(21(23)27)24-20(16)22(26)28)15-10-13(25-32(2,29)30)8-9-19(15)31-14-6-4-3-5-7-14/h3-12,24-25H,1-2H3,(H2,23,27). The third-order valence-corrected chi connectivity index (χ3v) is 5.38. The van der Waals surface area contributed by atoms with E-state index in [4.69, 9.17) is 10.5 Å². The number of aryl methyl sites for hydroxylation is 1. The van der Waals surface area contributed by atoms with Gasteiger partial charge in [0, 0.05) is 35.4 Å². The number of benzene rings is 2. The number of carbonyl (C=O) groups is 1. The van der Waals surface area contributed by atoms with E-state index >= 15 is 0 Å². The lowest BCUT2D eigenvalue weighted by Gasteiger charge is -2.15. The molecule has 4 N–H and O–H groups in total. The molecule has 0 aliphatic heterocycles. The fourth-order valence-corrected chi connectivity index (χ4v) is 3.96. The van der Waals surface area contributed by atoms with Gasteiger partial charge in [0.1, 0.15) is 22.7 Å². The Morgan fingerprint density at radius 1 is 1.09 bits per heavy atom. The number of nitrogens with two attached hydrogens (primary N) is 1. The van der Waals surface area contributed by atoms with Crippen LogP contribution in [-0.4, -0.2) is 30.1 Å². The Morgan fingerprint density at radius 2 is 1.81 bits per heavy atom. The average Bonchev–Trinajstić information content (AvgIpc) is 3.18. The summed E-state index contributed by atoms with van der Waals surface area (Å²) in [5.41, 5.74) is 6.72. The van der Waals surface area contributed by atoms with Gasteiger partial charge in [-0.2, -0.15) is 0 Å². The van der Waals surface area contributed by atoms with Crippen molar-refractivity contribution >= 4 is 32.5 Å². The molecule has 10 heteroatoms. The number of carbonyl (C=O) groups excluding carboxylic acids is 1. The lowest BCUT2D eigenvalue weighted by atomic mass is 10.0. The number of hydrogen-bond donors (Lipinski definition) is 3. The predicted molar refractivity (Wildman–Crippen MR) is 122 cm³/mol. The summed E-state index contributed by atoms with van der Waals surface area (Å²) >= 11 is 0. The summed E-state index contributed by atoms with van der Waals surface area (Å²) in [4.78, 5) is 27.1. The lowest BCUT2D eigenvalue weighted by molar-refractivity contribution is 0.0996. The van der Waals surface area contributed by atoms with Crippen LogP contribution in [0.5, 0.6) is 11.5 Å². The zero-order valence-electron chi connectivity index (χ0n) is 17.2. The van der Waals surface area contributed by atoms with Crippen LogP contribution in [0.25, 0.3) is 22.0 Å². The molecule has 4 rings (SSSR count). The molecule has 4 aromatic rings. The van der Waals surface area contributed by atoms with E-state index in [2.05, 4.69) is 9.71 Å². The third kappa shape index (κ3) is 4.21. The number of aromatic nitrogens is 2. The van der Waals surface area contributed by atoms with E-state index in [1.807, 2.05) is 18.2 Å². The number of rotatable bonds is 6. The van der Waals surface area contributed by atoms with Crippen molar-refractivity contribution in [3.63, 3.8) is 0 Å². The van der Waals surface area contributed by atoms with Gasteiger partial charge >= 0.3 is 0 Å². The van der Waals surface area contributed by atoms with E-state index in [0.717, 1.165) is 6.26 Å². The number of fused-ring (bicyclic) bond motifs is 1. The fourth-order valence-electron chi connectivity index (χ4n) is 3.40. The van der Waals surface area contributed by atoms with Crippen molar-refractivity contribution in [3.05, 3.63) is 76.8 Å². The molecule has 0 bridgehead atoms. The van der Waals surface area contributed by atoms with Crippen LogP contribution in [0.4, 0.5) is 5.69 Å². The number of nitrogens with one attached hydrogen (secondary N) is 2. The summed E-state index contributed by atoms with van der Waals surface area (Å²) in [6.45, 7) is 0. The van der Waals surface area contributed by atoms with Crippen LogP contribution >= 0.6 is 0 Å². The van der Waals surface area contributed by atoms with E-state index in [0.29, 0.717) is 33.7 Å². The minimum Gasteiger partial charge on any atom is -0.457 e. The normalized spacial score (nSPS) is 11.4. The van der Waals surface area contributed by atoms with Crippen molar-refractivity contribution in [2.75, 3.05) is 11.0 Å². The van der Waals surface area contributed by atoms with Crippen molar-refractivity contribution in [3.8, 4) is 22.6 Å². The first-order valence-electron chi connectivity index (χ1n) is 9.49. The van der Waals surface area contributed by atoms with Crippen LogP contribution in [0.2, 0.25) is 0 Å². The molecule has 0 saturated carbocycles. The minimum atomic E-state index is -3.53. The van der Waals surface area contributed by atoms with Gasteiger partial charge in [0.05, 0.1) is 6.26 Å². The van der Waals surface area contributed by atoms with E-state index in [9.17, 15) is 18.0 Å². The van der Waals surface area contributed by atoms with Crippen LogP contribution in [0.1, 0.15) is 10.5 Å². The first kappa shape index (κ1) is 21.2. The van der Waals surface area contributed by atoms with Crippen molar-refractivity contribution in [2.45, 2.75) is 0 Å². The number of ether oxygens (including phenoxy) is 1. The van der Waals surface area contributed by atoms with Gasteiger partial charge in [-0.3, -0.25) is 14.3 Å². The smallest absolute Gasteiger partial charge is 0.274 e. The topological polar surface area (TPSA) is 136 Å². The van der Waals surface area contributed by atoms with E-state index in [1.54, 1.807) is 43.6 Å². The summed E-state index contributed by atoms with van der Waals surface area (Å²) in [6.07, 6.45) is 2.65. The first-order valence-corrected chi connectivity index (χ1v) is 11.4. The first-order chi connectivity index (χ1) is 15.1. The Bertz CT molecular complexity index is 1500. The largest absolute Gasteiger partial charge is 0.457 e. The molecule has 1 amide bonds. The van der Waals surface area contributed by atoms with Crippen molar-refractivity contribution < 1.29 is 17.9 Å². The molecule has 0 radical (unpaired) electrons. The van der Waals surface area contributed by atoms with Gasteiger partial charge in [-0.1, -0.05) is 18.2 Å². The second-order valence-corrected chi connectivity index (χ2v) is 9.04. The molecule has 2 aromatic carbocycles. The van der Waals surface area contributed by atoms with E-state index in [-0.39, 0.29) is 16.8 Å². The van der Waals surface area contributed by atoms with E-state index < -0.39 is 15.9 Å². The average molecular weight is 452 g/mol. The summed E-state index contributed by atoms with van der Waals surface area (Å²) in [5, 5.41) is 0.455. The predicted octanol–water partition coefficient (Wildman–Crippen LogP) is 2.80. The van der Waals surface area contributed by atoms with Crippen molar-refractivity contribution in [2.24, 2.45) is 12.8 Å². The highest BCUT2D eigenvalue weighted by Gasteiger charge is 2.19. The number of primary amides is 1. The summed E-state index contributed by atoms with van der Waals surface area (Å²) in [7, 11) is -1.95. The zero-order valence-corrected chi connectivity index (χ0v) is 18.1. The Morgan fingerprint density at radius 3 is 2.47 bits per heavy atom. The minimum absolute atomic E-state index is 0.0838. The maximum Gasteiger partial charge on any atom is 0.274 e. The van der Waals surface area contributed by atoms with Gasteiger partial charge in [-0.15, -0.1) is 0 Å². The molecular formula is C22H20N4O5S. The number of para-hydroxylation sites is 1. The van der Waals surface area contributed by atoms with Crippen LogP contribution < -0.4 is 20.8 Å². The molecule has 2 heterocycles. The lowest BCUT2D eigenvalue weighted by Crippen LogP contribution is -2.17. The molecule has 9 nitrogen and oxygen atoms in total. The number of nitrogens with zero attached hydrogens (tertiary/aromatic N) is 1. The number of hydrogen-bond acceptors (Lipinski definition) is 5. The monoisotopic (exact) mass is 452 g/mol. The van der Waals surface area contributed by atoms with Gasteiger partial charge in [-0.25, -0.2) is 8.42 Å². The van der Waals surface area contributed by atoms with Crippen LogP contribution in [0, 0.1) is 0 Å². The second-order valence-electron chi connectivity index (χ2n) is 7.30. The summed E-state index contributed by atoms with van der Waals surface area (Å²) in [6, 6.07) is 15.4. The molecule has 0 spiro atoms. The van der Waals surface area contributed by atoms with Crippen LogP contribution in [0.3, 0.4) is 0 Å². The molecule has 0 aliphatic rings. The maximum atomic E-state index is 12.6. The molecule has 0 fully saturated rings. The quantitative estimate of drug-likeness (QED) is 0.413. The number of anilines is 1. The Balaban J connectivity index is 1.99. The molecule has 0 aliphatic carbocycles. The van der Waals surface area contributed by atoms with Crippen molar-refractivity contribution in [1.29, 1.82) is 0 Å². The van der Waals surface area contributed by atoms with Gasteiger partial charge in [0.25, 0.3) is 11.5 Å². The van der Waals surface area contributed by atoms with E-state index in [1.165, 1.54) is 10.6 Å². The Kier molecular flexibility index (Phi) is 5.23. The number of sulfonamides is 1. The van der Waals surface area contributed by atoms with Gasteiger partial charge < -0.3 is 20.0 Å². The highest BCUT2D eigenvalue weighted by atomic mass is 32.2. The molecule has 0 saturated heterocycles. The summed E-state index contributed by atoms with van der Waals surface area (Å²) in [5.74, 6) is 0.296. The Hall–Kier alpha value is -4.05. The highest BCUT2D eigenvalue weighted by Crippen LogP contribution is 2.38. The Labute approximate surface area is 183 Å². The molecule has 2 aromatic heterocycles.